The molecule has 0 spiro atoms. The molecule has 56 heavy (non-hydrogen) atoms. The van der Waals surface area contributed by atoms with Crippen molar-refractivity contribution in [1.29, 1.82) is 0 Å². The summed E-state index contributed by atoms with van der Waals surface area (Å²) in [6.45, 7) is 9.47. The highest BCUT2D eigenvalue weighted by Gasteiger charge is 2.22. The first-order valence-electron chi connectivity index (χ1n) is 21.4. The van der Waals surface area contributed by atoms with Crippen LogP contribution in [-0.4, -0.2) is 133 Å². The molecule has 0 saturated carbocycles. The molecule has 0 aliphatic rings. The fourth-order valence-electron chi connectivity index (χ4n) is 5.71. The molecule has 0 heterocycles. The Hall–Kier alpha value is -2.33. The van der Waals surface area contributed by atoms with Crippen LogP contribution in [0.3, 0.4) is 0 Å². The number of unbranched alkanes of at least 4 members (excludes halogenated alkanes) is 13. The van der Waals surface area contributed by atoms with Crippen LogP contribution >= 0.6 is 0 Å². The Morgan fingerprint density at radius 3 is 1.29 bits per heavy atom. The maximum Gasteiger partial charge on any atom is 0.306 e. The van der Waals surface area contributed by atoms with Crippen molar-refractivity contribution < 1.29 is 57.5 Å². The maximum atomic E-state index is 12.4. The molecule has 0 aliphatic carbocycles. The SMILES string of the molecule is CC(=O)CCCCCCCCCCCCCCCCNCC(=O)C[C@@H](CCC(=O)NCCOCCOCCOCCOCCOCCOCCC(C)=O)C(=O)O. The molecule has 0 aromatic carbocycles. The first kappa shape index (κ1) is 53.7. The number of ether oxygens (including phenoxy) is 6. The Bertz CT molecular complexity index is 968. The Morgan fingerprint density at radius 1 is 0.464 bits per heavy atom. The fourth-order valence-corrected chi connectivity index (χ4v) is 5.71. The van der Waals surface area contributed by atoms with Crippen LogP contribution in [0.15, 0.2) is 0 Å². The number of hydrogen-bond acceptors (Lipinski definition) is 12. The third kappa shape index (κ3) is 42.8. The highest BCUT2D eigenvalue weighted by molar-refractivity contribution is 5.85. The third-order valence-corrected chi connectivity index (χ3v) is 9.02. The molecule has 0 rings (SSSR count). The molecular formula is C42H78N2O12. The lowest BCUT2D eigenvalue weighted by atomic mass is 9.97. The second-order valence-electron chi connectivity index (χ2n) is 14.4. The molecular weight excluding hydrogens is 724 g/mol. The summed E-state index contributed by atoms with van der Waals surface area (Å²) in [5.41, 5.74) is 0. The number of carbonyl (C=O) groups excluding carboxylic acids is 4. The fraction of sp³-hybridized carbons (Fsp3) is 0.881. The smallest absolute Gasteiger partial charge is 0.306 e. The van der Waals surface area contributed by atoms with Crippen molar-refractivity contribution in [2.45, 2.75) is 136 Å². The quantitative estimate of drug-likeness (QED) is 0.0642. The largest absolute Gasteiger partial charge is 0.481 e. The van der Waals surface area contributed by atoms with Crippen molar-refractivity contribution >= 4 is 29.2 Å². The van der Waals surface area contributed by atoms with Gasteiger partial charge in [0.15, 0.2) is 0 Å². The summed E-state index contributed by atoms with van der Waals surface area (Å²) in [6.07, 6.45) is 18.3. The van der Waals surface area contributed by atoms with Gasteiger partial charge in [0.05, 0.1) is 91.7 Å². The van der Waals surface area contributed by atoms with Crippen molar-refractivity contribution in [2.24, 2.45) is 5.92 Å². The minimum absolute atomic E-state index is 0.0308. The van der Waals surface area contributed by atoms with E-state index in [1.807, 2.05) is 0 Å². The van der Waals surface area contributed by atoms with Gasteiger partial charge in [0, 0.05) is 32.2 Å². The summed E-state index contributed by atoms with van der Waals surface area (Å²) < 4.78 is 32.4. The summed E-state index contributed by atoms with van der Waals surface area (Å²) in [5, 5.41) is 15.4. The zero-order valence-electron chi connectivity index (χ0n) is 35.1. The van der Waals surface area contributed by atoms with Crippen LogP contribution in [0, 0.1) is 5.92 Å². The lowest BCUT2D eigenvalue weighted by Crippen LogP contribution is -2.30. The summed E-state index contributed by atoms with van der Waals surface area (Å²) >= 11 is 0. The van der Waals surface area contributed by atoms with Crippen LogP contribution in [0.25, 0.3) is 0 Å². The van der Waals surface area contributed by atoms with Crippen molar-refractivity contribution in [1.82, 2.24) is 10.6 Å². The first-order chi connectivity index (χ1) is 27.2. The molecule has 0 aliphatic heterocycles. The molecule has 0 unspecified atom stereocenters. The van der Waals surface area contributed by atoms with Gasteiger partial charge < -0.3 is 49.0 Å². The first-order valence-corrected chi connectivity index (χ1v) is 21.4. The van der Waals surface area contributed by atoms with Gasteiger partial charge in [-0.05, 0) is 39.7 Å². The Balaban J connectivity index is 3.53. The number of carbonyl (C=O) groups is 5. The minimum Gasteiger partial charge on any atom is -0.481 e. The number of nitrogens with one attached hydrogen (secondary N) is 2. The van der Waals surface area contributed by atoms with E-state index < -0.39 is 11.9 Å². The maximum absolute atomic E-state index is 12.4. The third-order valence-electron chi connectivity index (χ3n) is 9.02. The molecule has 0 fully saturated rings. The molecule has 0 aromatic heterocycles. The van der Waals surface area contributed by atoms with Crippen LogP contribution in [0.4, 0.5) is 0 Å². The van der Waals surface area contributed by atoms with Crippen LogP contribution in [0.5, 0.6) is 0 Å². The van der Waals surface area contributed by atoms with Gasteiger partial charge in [0.2, 0.25) is 5.91 Å². The summed E-state index contributed by atoms with van der Waals surface area (Å²) in [5.74, 6) is -1.96. The van der Waals surface area contributed by atoms with E-state index in [0.717, 1.165) is 32.2 Å². The number of hydrogen-bond donors (Lipinski definition) is 3. The lowest BCUT2D eigenvalue weighted by molar-refractivity contribution is -0.144. The van der Waals surface area contributed by atoms with Gasteiger partial charge in [-0.1, -0.05) is 77.0 Å². The molecule has 0 bridgehead atoms. The van der Waals surface area contributed by atoms with Crippen molar-refractivity contribution in [3.05, 3.63) is 0 Å². The molecule has 14 nitrogen and oxygen atoms in total. The molecule has 0 radical (unpaired) electrons. The van der Waals surface area contributed by atoms with Crippen molar-refractivity contribution in [3.8, 4) is 0 Å². The lowest BCUT2D eigenvalue weighted by Gasteiger charge is -2.12. The van der Waals surface area contributed by atoms with Gasteiger partial charge in [-0.15, -0.1) is 0 Å². The number of carboxylic acids is 1. The molecule has 1 atom stereocenters. The molecule has 3 N–H and O–H groups in total. The van der Waals surface area contributed by atoms with Gasteiger partial charge >= 0.3 is 5.97 Å². The predicted molar refractivity (Wildman–Crippen MR) is 216 cm³/mol. The van der Waals surface area contributed by atoms with E-state index >= 15 is 0 Å². The van der Waals surface area contributed by atoms with Crippen molar-refractivity contribution in [2.75, 3.05) is 98.9 Å². The van der Waals surface area contributed by atoms with Crippen LogP contribution in [0.2, 0.25) is 0 Å². The standard InChI is InChI=1S/C42H78N2O12/c1-37(45)17-15-13-11-9-7-5-3-4-6-8-10-12-14-16-21-43-36-40(47)35-39(42(49)50)18-19-41(48)44-22-24-52-26-28-54-30-32-56-34-33-55-31-29-53-27-25-51-23-20-38(2)46/h39,43H,3-36H2,1-2H3,(H,44,48)(H,49,50)/t39-/m1/s1. The number of ketones is 3. The number of carboxylic acid groups (broad SMARTS) is 1. The van der Waals surface area contributed by atoms with E-state index in [1.54, 1.807) is 6.92 Å². The number of Topliss-reactive ketones (excluding diaryl/α,β-unsaturated/α-hetero) is 3. The van der Waals surface area contributed by atoms with E-state index in [-0.39, 0.29) is 43.3 Å². The van der Waals surface area contributed by atoms with E-state index in [1.165, 1.54) is 77.6 Å². The highest BCUT2D eigenvalue weighted by atomic mass is 16.6. The predicted octanol–water partition coefficient (Wildman–Crippen LogP) is 5.65. The van der Waals surface area contributed by atoms with E-state index in [4.69, 9.17) is 28.4 Å². The molecule has 328 valence electrons. The number of rotatable bonds is 46. The van der Waals surface area contributed by atoms with Gasteiger partial charge in [0.1, 0.15) is 17.3 Å². The van der Waals surface area contributed by atoms with Crippen molar-refractivity contribution in [3.63, 3.8) is 0 Å². The molecule has 1 amide bonds. The summed E-state index contributed by atoms with van der Waals surface area (Å²) in [6, 6.07) is 0. The second-order valence-corrected chi connectivity index (χ2v) is 14.4. The van der Waals surface area contributed by atoms with Crippen LogP contribution in [-0.2, 0) is 52.4 Å². The summed E-state index contributed by atoms with van der Waals surface area (Å²) in [7, 11) is 0. The van der Waals surface area contributed by atoms with E-state index in [0.29, 0.717) is 98.0 Å². The topological polar surface area (TPSA) is 185 Å². The van der Waals surface area contributed by atoms with Gasteiger partial charge in [0.25, 0.3) is 0 Å². The minimum atomic E-state index is -1.06. The Morgan fingerprint density at radius 2 is 0.857 bits per heavy atom. The summed E-state index contributed by atoms with van der Waals surface area (Å²) in [4.78, 5) is 58.0. The average molecular weight is 803 g/mol. The normalized spacial score (nSPS) is 11.8. The number of amides is 1. The Labute approximate surface area is 337 Å². The monoisotopic (exact) mass is 803 g/mol. The van der Waals surface area contributed by atoms with Gasteiger partial charge in [-0.3, -0.25) is 19.2 Å². The zero-order chi connectivity index (χ0) is 41.2. The van der Waals surface area contributed by atoms with Gasteiger partial charge in [-0.2, -0.15) is 0 Å². The van der Waals surface area contributed by atoms with E-state index in [2.05, 4.69) is 10.6 Å². The number of aliphatic carboxylic acids is 1. The Kier molecular flexibility index (Phi) is 40.5. The zero-order valence-corrected chi connectivity index (χ0v) is 35.1. The highest BCUT2D eigenvalue weighted by Crippen LogP contribution is 2.14. The van der Waals surface area contributed by atoms with E-state index in [9.17, 15) is 29.1 Å². The van der Waals surface area contributed by atoms with Gasteiger partial charge in [-0.25, -0.2) is 0 Å². The average Bonchev–Trinajstić information content (AvgIpc) is 3.16. The molecule has 14 heteroatoms. The van der Waals surface area contributed by atoms with Crippen LogP contribution < -0.4 is 10.6 Å². The second kappa shape index (κ2) is 42.3. The molecule has 0 aromatic rings. The molecule has 0 saturated heterocycles. The van der Waals surface area contributed by atoms with Crippen LogP contribution in [0.1, 0.15) is 136 Å².